The first kappa shape index (κ1) is 21.9. The highest BCUT2D eigenvalue weighted by Crippen LogP contribution is 2.60. The van der Waals surface area contributed by atoms with Crippen molar-refractivity contribution in [2.75, 3.05) is 7.11 Å². The van der Waals surface area contributed by atoms with Gasteiger partial charge >= 0.3 is 0 Å². The number of amides is 2. The summed E-state index contributed by atoms with van der Waals surface area (Å²) in [5.41, 5.74) is 2.02. The van der Waals surface area contributed by atoms with Crippen molar-refractivity contribution in [2.45, 2.75) is 51.6 Å². The maximum atomic E-state index is 13.8. The lowest BCUT2D eigenvalue weighted by molar-refractivity contribution is -0.146. The minimum Gasteiger partial charge on any atom is -0.494 e. The topological polar surface area (TPSA) is 67.4 Å². The van der Waals surface area contributed by atoms with Crippen LogP contribution in [0.4, 0.5) is 4.39 Å². The van der Waals surface area contributed by atoms with Gasteiger partial charge in [0.05, 0.1) is 7.11 Å². The minimum atomic E-state index is -0.454. The van der Waals surface area contributed by atoms with E-state index in [0.29, 0.717) is 17.7 Å². The van der Waals surface area contributed by atoms with E-state index in [4.69, 9.17) is 4.74 Å². The van der Waals surface area contributed by atoms with Gasteiger partial charge in [-0.3, -0.25) is 9.59 Å². The van der Waals surface area contributed by atoms with Gasteiger partial charge in [-0.2, -0.15) is 0 Å². The van der Waals surface area contributed by atoms with Crippen LogP contribution in [0.3, 0.4) is 0 Å². The number of hydrogen-bond donors (Lipinski definition) is 2. The first-order valence-corrected chi connectivity index (χ1v) is 11.9. The van der Waals surface area contributed by atoms with Crippen LogP contribution in [0.25, 0.3) is 0 Å². The zero-order chi connectivity index (χ0) is 23.0. The molecule has 0 heterocycles. The molecule has 33 heavy (non-hydrogen) atoms. The van der Waals surface area contributed by atoms with Crippen LogP contribution in [0.2, 0.25) is 0 Å². The molecule has 2 aromatic carbocycles. The van der Waals surface area contributed by atoms with Crippen LogP contribution in [0.15, 0.2) is 42.5 Å². The summed E-state index contributed by atoms with van der Waals surface area (Å²) in [5.74, 6) is 1.95. The lowest BCUT2D eigenvalue weighted by Gasteiger charge is -2.55. The first-order chi connectivity index (χ1) is 15.9. The van der Waals surface area contributed by atoms with Gasteiger partial charge in [-0.05, 0) is 91.7 Å². The Labute approximate surface area is 194 Å². The average Bonchev–Trinajstić information content (AvgIpc) is 2.80. The van der Waals surface area contributed by atoms with E-state index in [0.717, 1.165) is 42.6 Å². The molecule has 4 bridgehead atoms. The third-order valence-electron chi connectivity index (χ3n) is 7.86. The quantitative estimate of drug-likeness (QED) is 0.648. The third-order valence-corrected chi connectivity index (χ3v) is 7.86. The minimum absolute atomic E-state index is 0.143. The van der Waals surface area contributed by atoms with Crippen LogP contribution >= 0.6 is 0 Å². The Bertz CT molecular complexity index is 1010. The number of ether oxygens (including phenoxy) is 1. The maximum absolute atomic E-state index is 13.8. The second kappa shape index (κ2) is 8.81. The summed E-state index contributed by atoms with van der Waals surface area (Å²) in [5, 5.41) is 5.99. The van der Waals surface area contributed by atoms with Gasteiger partial charge in [-0.1, -0.05) is 18.2 Å². The number of halogens is 1. The molecule has 4 aliphatic rings. The maximum Gasteiger partial charge on any atom is 0.251 e. The molecule has 174 valence electrons. The molecule has 6 rings (SSSR count). The fourth-order valence-electron chi connectivity index (χ4n) is 6.64. The van der Waals surface area contributed by atoms with E-state index in [1.165, 1.54) is 32.4 Å². The van der Waals surface area contributed by atoms with Crippen molar-refractivity contribution in [1.29, 1.82) is 0 Å². The van der Waals surface area contributed by atoms with Crippen molar-refractivity contribution in [1.82, 2.24) is 10.6 Å². The van der Waals surface area contributed by atoms with E-state index >= 15 is 0 Å². The zero-order valence-electron chi connectivity index (χ0n) is 19.0. The third kappa shape index (κ3) is 4.48. The number of rotatable bonds is 7. The van der Waals surface area contributed by atoms with E-state index in [2.05, 4.69) is 10.6 Å². The Morgan fingerprint density at radius 3 is 2.06 bits per heavy atom. The fraction of sp³-hybridized carbons (Fsp3) is 0.481. The van der Waals surface area contributed by atoms with Crippen molar-refractivity contribution >= 4 is 11.8 Å². The molecule has 0 unspecified atom stereocenters. The summed E-state index contributed by atoms with van der Waals surface area (Å²) < 4.78 is 18.7. The molecule has 2 aromatic rings. The van der Waals surface area contributed by atoms with E-state index in [1.807, 2.05) is 12.1 Å². The highest BCUT2D eigenvalue weighted by Gasteiger charge is 2.54. The Balaban J connectivity index is 1.13. The Kier molecular flexibility index (Phi) is 5.85. The van der Waals surface area contributed by atoms with E-state index in [-0.39, 0.29) is 29.5 Å². The smallest absolute Gasteiger partial charge is 0.251 e. The normalized spacial score (nSPS) is 27.3. The van der Waals surface area contributed by atoms with Crippen LogP contribution in [-0.4, -0.2) is 18.9 Å². The number of carbonyl (C=O) groups excluding carboxylic acids is 2. The summed E-state index contributed by atoms with van der Waals surface area (Å²) in [6.07, 6.45) is 7.14. The predicted molar refractivity (Wildman–Crippen MR) is 123 cm³/mol. The van der Waals surface area contributed by atoms with Crippen molar-refractivity contribution in [2.24, 2.45) is 23.2 Å². The average molecular weight is 451 g/mol. The molecular formula is C27H31FN2O3. The Morgan fingerprint density at radius 1 is 0.909 bits per heavy atom. The summed E-state index contributed by atoms with van der Waals surface area (Å²) in [4.78, 5) is 25.6. The van der Waals surface area contributed by atoms with Gasteiger partial charge in [-0.25, -0.2) is 4.39 Å². The van der Waals surface area contributed by atoms with E-state index in [1.54, 1.807) is 24.3 Å². The Hall–Kier alpha value is -2.89. The number of methoxy groups -OCH3 is 1. The fourth-order valence-corrected chi connectivity index (χ4v) is 6.64. The number of hydrogen-bond acceptors (Lipinski definition) is 3. The molecule has 0 spiro atoms. The monoisotopic (exact) mass is 450 g/mol. The molecule has 0 saturated heterocycles. The summed E-state index contributed by atoms with van der Waals surface area (Å²) in [6.45, 7) is 0.705. The van der Waals surface area contributed by atoms with Gasteiger partial charge in [0, 0.05) is 24.1 Å². The van der Waals surface area contributed by atoms with Gasteiger partial charge in [0.1, 0.15) is 0 Å². The van der Waals surface area contributed by atoms with Crippen molar-refractivity contribution in [3.05, 3.63) is 65.0 Å². The molecule has 0 aromatic heterocycles. The van der Waals surface area contributed by atoms with Crippen LogP contribution < -0.4 is 15.4 Å². The van der Waals surface area contributed by atoms with Crippen LogP contribution in [0.5, 0.6) is 5.75 Å². The largest absolute Gasteiger partial charge is 0.494 e. The lowest BCUT2D eigenvalue weighted by atomic mass is 9.49. The van der Waals surface area contributed by atoms with Crippen LogP contribution in [0, 0.1) is 29.0 Å². The molecular weight excluding hydrogens is 419 g/mol. The number of benzene rings is 2. The van der Waals surface area contributed by atoms with Crippen molar-refractivity contribution < 1.29 is 18.7 Å². The second-order valence-electron chi connectivity index (χ2n) is 10.2. The molecule has 2 amide bonds. The zero-order valence-corrected chi connectivity index (χ0v) is 19.0. The number of nitrogens with one attached hydrogen (secondary N) is 2. The first-order valence-electron chi connectivity index (χ1n) is 11.9. The predicted octanol–water partition coefficient (Wildman–Crippen LogP) is 4.60. The van der Waals surface area contributed by atoms with Gasteiger partial charge < -0.3 is 15.4 Å². The molecule has 0 atom stereocenters. The molecule has 4 fully saturated rings. The summed E-state index contributed by atoms with van der Waals surface area (Å²) in [7, 11) is 1.41. The second-order valence-corrected chi connectivity index (χ2v) is 10.2. The van der Waals surface area contributed by atoms with Crippen molar-refractivity contribution in [3.63, 3.8) is 0 Å². The molecule has 6 heteroatoms. The van der Waals surface area contributed by atoms with Gasteiger partial charge in [-0.15, -0.1) is 0 Å². The molecule has 2 N–H and O–H groups in total. The summed E-state index contributed by atoms with van der Waals surface area (Å²) >= 11 is 0. The van der Waals surface area contributed by atoms with Crippen molar-refractivity contribution in [3.8, 4) is 5.75 Å². The highest BCUT2D eigenvalue weighted by molar-refractivity contribution is 5.94. The lowest BCUT2D eigenvalue weighted by Crippen LogP contribution is -2.53. The van der Waals surface area contributed by atoms with Crippen LogP contribution in [-0.2, 0) is 17.9 Å². The summed E-state index contributed by atoms with van der Waals surface area (Å²) in [6, 6.07) is 11.9. The van der Waals surface area contributed by atoms with Gasteiger partial charge in [0.25, 0.3) is 5.91 Å². The highest BCUT2D eigenvalue weighted by atomic mass is 19.1. The Morgan fingerprint density at radius 2 is 1.48 bits per heavy atom. The van der Waals surface area contributed by atoms with Gasteiger partial charge in [0.15, 0.2) is 11.6 Å². The molecule has 4 aliphatic carbocycles. The molecule has 5 nitrogen and oxygen atoms in total. The van der Waals surface area contributed by atoms with Crippen LogP contribution in [0.1, 0.15) is 60.0 Å². The van der Waals surface area contributed by atoms with E-state index in [9.17, 15) is 14.0 Å². The van der Waals surface area contributed by atoms with Gasteiger partial charge in [0.2, 0.25) is 5.91 Å². The molecule has 0 aliphatic heterocycles. The number of carbonyl (C=O) groups is 2. The standard InChI is InChI=1S/C27H31FN2O3/c1-33-24-7-4-18(11-23(24)28)16-29-25(31)22-5-2-17(3-6-22)15-30-26(32)27-12-19-8-20(13-27)10-21(9-19)14-27/h2-7,11,19-21H,8-10,12-16H2,1H3,(H,29,31)(H,30,32). The molecule has 4 saturated carbocycles. The van der Waals surface area contributed by atoms with E-state index < -0.39 is 5.82 Å². The molecule has 0 radical (unpaired) electrons. The SMILES string of the molecule is COc1ccc(CNC(=O)c2ccc(CNC(=O)C34CC5CC(CC(C5)C3)C4)cc2)cc1F.